The van der Waals surface area contributed by atoms with Crippen LogP contribution in [0.3, 0.4) is 0 Å². The number of carbonyl (C=O) groups is 1. The molecular weight excluding hydrogens is 272 g/mol. The van der Waals surface area contributed by atoms with Crippen LogP contribution in [0.1, 0.15) is 57.4 Å². The van der Waals surface area contributed by atoms with Crippen LogP contribution in [0.15, 0.2) is 18.2 Å². The highest BCUT2D eigenvalue weighted by Gasteiger charge is 2.25. The van der Waals surface area contributed by atoms with E-state index in [9.17, 15) is 4.79 Å². The van der Waals surface area contributed by atoms with Gasteiger partial charge in [-0.05, 0) is 56.8 Å². The van der Waals surface area contributed by atoms with Gasteiger partial charge in [0.05, 0.1) is 12.6 Å². The molecule has 22 heavy (non-hydrogen) atoms. The van der Waals surface area contributed by atoms with E-state index in [-0.39, 0.29) is 17.4 Å². The van der Waals surface area contributed by atoms with E-state index in [2.05, 4.69) is 70.0 Å². The molecule has 0 saturated heterocycles. The van der Waals surface area contributed by atoms with Crippen LogP contribution in [-0.4, -0.2) is 30.4 Å². The molecule has 124 valence electrons. The van der Waals surface area contributed by atoms with Crippen molar-refractivity contribution < 1.29 is 4.79 Å². The zero-order valence-corrected chi connectivity index (χ0v) is 15.4. The van der Waals surface area contributed by atoms with Crippen molar-refractivity contribution in [3.05, 3.63) is 34.9 Å². The zero-order valence-electron chi connectivity index (χ0n) is 15.4. The predicted octanol–water partition coefficient (Wildman–Crippen LogP) is 3.85. The summed E-state index contributed by atoms with van der Waals surface area (Å²) in [4.78, 5) is 14.4. The van der Waals surface area contributed by atoms with Gasteiger partial charge in [0, 0.05) is 6.04 Å². The maximum Gasteiger partial charge on any atom is 0.234 e. The summed E-state index contributed by atoms with van der Waals surface area (Å²) in [5, 5.41) is 3.10. The Hall–Kier alpha value is -1.35. The molecule has 3 nitrogen and oxygen atoms in total. The minimum Gasteiger partial charge on any atom is -0.348 e. The molecule has 2 unspecified atom stereocenters. The molecule has 1 aromatic carbocycles. The highest BCUT2D eigenvalue weighted by Crippen LogP contribution is 2.23. The Morgan fingerprint density at radius 3 is 2.27 bits per heavy atom. The third kappa shape index (κ3) is 5.13. The lowest BCUT2D eigenvalue weighted by Gasteiger charge is -2.35. The Balaban J connectivity index is 2.62. The van der Waals surface area contributed by atoms with Crippen molar-refractivity contribution in [1.29, 1.82) is 0 Å². The summed E-state index contributed by atoms with van der Waals surface area (Å²) in [6, 6.07) is 6.73. The molecule has 0 radical (unpaired) electrons. The standard InChI is InChI=1S/C19H32N2O/c1-13-9-10-17(11-14(13)2)15(3)20-18(22)12-21(8)16(4)19(5,6)7/h9-11,15-16H,12H2,1-8H3,(H,20,22). The van der Waals surface area contributed by atoms with E-state index >= 15 is 0 Å². The SMILES string of the molecule is Cc1ccc(C(C)NC(=O)CN(C)C(C)C(C)(C)C)cc1C. The number of benzene rings is 1. The minimum atomic E-state index is 0.0325. The molecule has 0 aliphatic rings. The first-order valence-electron chi connectivity index (χ1n) is 8.09. The molecule has 0 saturated carbocycles. The fourth-order valence-electron chi connectivity index (χ4n) is 2.43. The average molecular weight is 304 g/mol. The normalized spacial score (nSPS) is 14.8. The van der Waals surface area contributed by atoms with Crippen molar-refractivity contribution in [2.24, 2.45) is 5.41 Å². The van der Waals surface area contributed by atoms with E-state index in [1.165, 1.54) is 11.1 Å². The van der Waals surface area contributed by atoms with Gasteiger partial charge in [-0.25, -0.2) is 0 Å². The fourth-order valence-corrected chi connectivity index (χ4v) is 2.43. The second kappa shape index (κ2) is 7.28. The van der Waals surface area contributed by atoms with Crippen LogP contribution >= 0.6 is 0 Å². The van der Waals surface area contributed by atoms with E-state index in [4.69, 9.17) is 0 Å². The molecule has 1 N–H and O–H groups in total. The summed E-state index contributed by atoms with van der Waals surface area (Å²) in [6.07, 6.45) is 0. The van der Waals surface area contributed by atoms with Crippen molar-refractivity contribution in [1.82, 2.24) is 10.2 Å². The van der Waals surface area contributed by atoms with Crippen molar-refractivity contribution >= 4 is 5.91 Å². The van der Waals surface area contributed by atoms with E-state index < -0.39 is 0 Å². The van der Waals surface area contributed by atoms with Gasteiger partial charge in [-0.3, -0.25) is 9.69 Å². The van der Waals surface area contributed by atoms with Crippen LogP contribution in [0.2, 0.25) is 0 Å². The predicted molar refractivity (Wildman–Crippen MR) is 94.0 cm³/mol. The summed E-state index contributed by atoms with van der Waals surface area (Å²) in [5.41, 5.74) is 3.86. The van der Waals surface area contributed by atoms with Crippen LogP contribution in [-0.2, 0) is 4.79 Å². The van der Waals surface area contributed by atoms with E-state index in [1.807, 2.05) is 14.0 Å². The molecule has 0 bridgehead atoms. The number of likely N-dealkylation sites (N-methyl/N-ethyl adjacent to an activating group) is 1. The summed E-state index contributed by atoms with van der Waals surface area (Å²) in [7, 11) is 2.01. The molecule has 1 rings (SSSR count). The number of hydrogen-bond acceptors (Lipinski definition) is 2. The van der Waals surface area contributed by atoms with Gasteiger partial charge < -0.3 is 5.32 Å². The Morgan fingerprint density at radius 1 is 1.18 bits per heavy atom. The lowest BCUT2D eigenvalue weighted by atomic mass is 9.87. The van der Waals surface area contributed by atoms with Gasteiger partial charge in [0.2, 0.25) is 5.91 Å². The molecule has 2 atom stereocenters. The van der Waals surface area contributed by atoms with E-state index in [0.717, 1.165) is 5.56 Å². The second-order valence-corrected chi connectivity index (χ2v) is 7.59. The quantitative estimate of drug-likeness (QED) is 0.896. The molecule has 0 aliphatic heterocycles. The number of hydrogen-bond donors (Lipinski definition) is 1. The average Bonchev–Trinajstić information content (AvgIpc) is 2.39. The maximum absolute atomic E-state index is 12.3. The fraction of sp³-hybridized carbons (Fsp3) is 0.632. The third-order valence-corrected chi connectivity index (χ3v) is 4.72. The van der Waals surface area contributed by atoms with Gasteiger partial charge in [0.1, 0.15) is 0 Å². The Morgan fingerprint density at radius 2 is 1.77 bits per heavy atom. The van der Waals surface area contributed by atoms with Crippen LogP contribution in [0.5, 0.6) is 0 Å². The molecule has 0 aromatic heterocycles. The maximum atomic E-state index is 12.3. The molecule has 0 heterocycles. The topological polar surface area (TPSA) is 32.3 Å². The van der Waals surface area contributed by atoms with Crippen molar-refractivity contribution in [2.75, 3.05) is 13.6 Å². The first-order valence-corrected chi connectivity index (χ1v) is 8.09. The number of nitrogens with zero attached hydrogens (tertiary/aromatic N) is 1. The molecule has 1 amide bonds. The Bertz CT molecular complexity index is 517. The highest BCUT2D eigenvalue weighted by molar-refractivity contribution is 5.78. The van der Waals surface area contributed by atoms with Crippen LogP contribution in [0.4, 0.5) is 0 Å². The van der Waals surface area contributed by atoms with Gasteiger partial charge in [0.25, 0.3) is 0 Å². The van der Waals surface area contributed by atoms with Gasteiger partial charge in [-0.1, -0.05) is 39.0 Å². The summed E-state index contributed by atoms with van der Waals surface area (Å²) < 4.78 is 0. The number of aryl methyl sites for hydroxylation is 2. The minimum absolute atomic E-state index is 0.0325. The van der Waals surface area contributed by atoms with Gasteiger partial charge in [0.15, 0.2) is 0 Å². The lowest BCUT2D eigenvalue weighted by molar-refractivity contribution is -0.123. The van der Waals surface area contributed by atoms with Crippen molar-refractivity contribution in [3.63, 3.8) is 0 Å². The first kappa shape index (κ1) is 18.7. The first-order chi connectivity index (χ1) is 10.0. The number of nitrogens with one attached hydrogen (secondary N) is 1. The molecule has 0 spiro atoms. The summed E-state index contributed by atoms with van der Waals surface area (Å²) >= 11 is 0. The van der Waals surface area contributed by atoms with Crippen LogP contribution < -0.4 is 5.32 Å². The molecule has 0 aliphatic carbocycles. The van der Waals surface area contributed by atoms with Crippen molar-refractivity contribution in [2.45, 2.75) is 60.5 Å². The lowest BCUT2D eigenvalue weighted by Crippen LogP contribution is -2.45. The largest absolute Gasteiger partial charge is 0.348 e. The van der Waals surface area contributed by atoms with Crippen LogP contribution in [0.25, 0.3) is 0 Å². The van der Waals surface area contributed by atoms with Crippen molar-refractivity contribution in [3.8, 4) is 0 Å². The molecule has 0 fully saturated rings. The highest BCUT2D eigenvalue weighted by atomic mass is 16.2. The van der Waals surface area contributed by atoms with Gasteiger partial charge >= 0.3 is 0 Å². The second-order valence-electron chi connectivity index (χ2n) is 7.59. The monoisotopic (exact) mass is 304 g/mol. The molecule has 1 aromatic rings. The number of amides is 1. The van der Waals surface area contributed by atoms with E-state index in [1.54, 1.807) is 0 Å². The van der Waals surface area contributed by atoms with Gasteiger partial charge in [-0.15, -0.1) is 0 Å². The summed E-state index contributed by atoms with van der Waals surface area (Å²) in [5.74, 6) is 0.0735. The third-order valence-electron chi connectivity index (χ3n) is 4.72. The molecular formula is C19H32N2O. The Kier molecular flexibility index (Phi) is 6.18. The number of rotatable bonds is 5. The number of carbonyl (C=O) groups excluding carboxylic acids is 1. The molecule has 3 heteroatoms. The Labute approximate surface area is 136 Å². The summed E-state index contributed by atoms with van der Waals surface area (Å²) in [6.45, 7) is 15.4. The van der Waals surface area contributed by atoms with Crippen LogP contribution in [0, 0.1) is 19.3 Å². The van der Waals surface area contributed by atoms with E-state index in [0.29, 0.717) is 12.6 Å². The van der Waals surface area contributed by atoms with Gasteiger partial charge in [-0.2, -0.15) is 0 Å². The zero-order chi connectivity index (χ0) is 17.1. The smallest absolute Gasteiger partial charge is 0.234 e.